The molecule has 0 atom stereocenters. The smallest absolute Gasteiger partial charge is 0.292 e. The molecule has 0 aliphatic rings. The third-order valence-electron chi connectivity index (χ3n) is 3.60. The maximum atomic E-state index is 12.4. The van der Waals surface area contributed by atoms with E-state index in [-0.39, 0.29) is 16.5 Å². The number of hydrogen-bond donors (Lipinski definition) is 2. The Morgan fingerprint density at radius 2 is 2.07 bits per heavy atom. The number of hydrogen-bond acceptors (Lipinski definition) is 6. The molecule has 3 aromatic rings. The van der Waals surface area contributed by atoms with Gasteiger partial charge in [-0.3, -0.25) is 10.2 Å². The number of nitrogens with one attached hydrogen (secondary N) is 1. The number of aromatic hydroxyl groups is 1. The molecule has 138 valence electrons. The molecule has 0 radical (unpaired) electrons. The van der Waals surface area contributed by atoms with Crippen molar-refractivity contribution in [3.8, 4) is 17.2 Å². The normalized spacial score (nSPS) is 10.9. The van der Waals surface area contributed by atoms with Crippen LogP contribution in [0, 0.1) is 0 Å². The summed E-state index contributed by atoms with van der Waals surface area (Å²) < 4.78 is 6.54. The molecule has 2 aromatic carbocycles. The van der Waals surface area contributed by atoms with Gasteiger partial charge in [-0.05, 0) is 42.8 Å². The minimum absolute atomic E-state index is 0.0216. The number of aromatic nitrogens is 2. The Balaban J connectivity index is 1.79. The summed E-state index contributed by atoms with van der Waals surface area (Å²) in [5.74, 6) is 0.422. The summed E-state index contributed by atoms with van der Waals surface area (Å²) in [6, 6.07) is 13.8. The number of benzene rings is 2. The van der Waals surface area contributed by atoms with Crippen LogP contribution < -0.4 is 15.7 Å². The van der Waals surface area contributed by atoms with E-state index in [1.165, 1.54) is 23.2 Å². The summed E-state index contributed by atoms with van der Waals surface area (Å²) in [5, 5.41) is 17.9. The van der Waals surface area contributed by atoms with Crippen molar-refractivity contribution in [2.24, 2.45) is 5.10 Å². The summed E-state index contributed by atoms with van der Waals surface area (Å²) in [6.07, 6.45) is 2.94. The van der Waals surface area contributed by atoms with Gasteiger partial charge in [0.15, 0.2) is 11.5 Å². The molecule has 1 aromatic heterocycles. The SMILES string of the molecule is CCOc1cc(/C=N\Nc2cnn(-c3ccccc3)c(=O)c2Cl)ccc1O. The van der Waals surface area contributed by atoms with Gasteiger partial charge in [-0.15, -0.1) is 0 Å². The Hall–Kier alpha value is -3.32. The van der Waals surface area contributed by atoms with Crippen LogP contribution in [0.5, 0.6) is 11.5 Å². The maximum absolute atomic E-state index is 12.4. The lowest BCUT2D eigenvalue weighted by atomic mass is 10.2. The largest absolute Gasteiger partial charge is 0.504 e. The molecule has 3 rings (SSSR count). The van der Waals surface area contributed by atoms with Gasteiger partial charge in [-0.2, -0.15) is 14.9 Å². The first kappa shape index (κ1) is 18.5. The number of rotatable bonds is 6. The third kappa shape index (κ3) is 4.27. The van der Waals surface area contributed by atoms with Gasteiger partial charge in [0, 0.05) is 0 Å². The van der Waals surface area contributed by atoms with Gasteiger partial charge in [-0.1, -0.05) is 29.8 Å². The number of phenols is 1. The molecule has 0 saturated carbocycles. The summed E-state index contributed by atoms with van der Waals surface area (Å²) >= 11 is 6.15. The van der Waals surface area contributed by atoms with E-state index in [0.29, 0.717) is 23.6 Å². The van der Waals surface area contributed by atoms with Gasteiger partial charge in [-0.25, -0.2) is 0 Å². The molecule has 0 aliphatic carbocycles. The monoisotopic (exact) mass is 384 g/mol. The van der Waals surface area contributed by atoms with Crippen LogP contribution in [-0.4, -0.2) is 27.7 Å². The zero-order valence-corrected chi connectivity index (χ0v) is 15.2. The number of anilines is 1. The summed E-state index contributed by atoms with van der Waals surface area (Å²) in [5.41, 5.74) is 3.86. The second-order valence-corrected chi connectivity index (χ2v) is 5.83. The van der Waals surface area contributed by atoms with Crippen LogP contribution >= 0.6 is 11.6 Å². The van der Waals surface area contributed by atoms with Crippen molar-refractivity contribution in [1.29, 1.82) is 0 Å². The number of hydrazone groups is 1. The van der Waals surface area contributed by atoms with Crippen LogP contribution in [0.15, 0.2) is 64.6 Å². The summed E-state index contributed by atoms with van der Waals surface area (Å²) in [6.45, 7) is 2.26. The Labute approximate surface area is 160 Å². The number of phenolic OH excluding ortho intramolecular Hbond substituents is 1. The molecule has 0 amide bonds. The highest BCUT2D eigenvalue weighted by molar-refractivity contribution is 6.32. The highest BCUT2D eigenvalue weighted by Crippen LogP contribution is 2.26. The second kappa shape index (κ2) is 8.37. The second-order valence-electron chi connectivity index (χ2n) is 5.45. The van der Waals surface area contributed by atoms with Gasteiger partial charge >= 0.3 is 0 Å². The summed E-state index contributed by atoms with van der Waals surface area (Å²) in [7, 11) is 0. The van der Waals surface area contributed by atoms with Crippen molar-refractivity contribution in [2.75, 3.05) is 12.0 Å². The molecule has 0 spiro atoms. The lowest BCUT2D eigenvalue weighted by molar-refractivity contribution is 0.318. The van der Waals surface area contributed by atoms with E-state index in [1.54, 1.807) is 24.3 Å². The fourth-order valence-electron chi connectivity index (χ4n) is 2.32. The first-order chi connectivity index (χ1) is 13.1. The van der Waals surface area contributed by atoms with Crippen LogP contribution in [-0.2, 0) is 0 Å². The molecule has 1 heterocycles. The fraction of sp³-hybridized carbons (Fsp3) is 0.105. The molecule has 0 bridgehead atoms. The molecule has 0 unspecified atom stereocenters. The molecule has 27 heavy (non-hydrogen) atoms. The standard InChI is InChI=1S/C19H17ClN4O3/c1-2-27-17-10-13(8-9-16(17)25)11-21-23-15-12-22-24(19(26)18(15)20)14-6-4-3-5-7-14/h3-12,23,25H,2H2,1H3/b21-11-. The average Bonchev–Trinajstić information content (AvgIpc) is 2.68. The first-order valence-corrected chi connectivity index (χ1v) is 8.56. The highest BCUT2D eigenvalue weighted by Gasteiger charge is 2.10. The first-order valence-electron chi connectivity index (χ1n) is 8.18. The minimum Gasteiger partial charge on any atom is -0.504 e. The maximum Gasteiger partial charge on any atom is 0.292 e. The Morgan fingerprint density at radius 3 is 2.81 bits per heavy atom. The van der Waals surface area contributed by atoms with Gasteiger partial charge in [0.25, 0.3) is 5.56 Å². The van der Waals surface area contributed by atoms with Crippen molar-refractivity contribution < 1.29 is 9.84 Å². The van der Waals surface area contributed by atoms with Crippen LogP contribution in [0.4, 0.5) is 5.69 Å². The van der Waals surface area contributed by atoms with E-state index < -0.39 is 5.56 Å². The van der Waals surface area contributed by atoms with Gasteiger partial charge in [0.05, 0.1) is 24.7 Å². The van der Waals surface area contributed by atoms with E-state index in [4.69, 9.17) is 16.3 Å². The van der Waals surface area contributed by atoms with Crippen molar-refractivity contribution in [3.63, 3.8) is 0 Å². The van der Waals surface area contributed by atoms with Crippen molar-refractivity contribution in [2.45, 2.75) is 6.92 Å². The molecule has 2 N–H and O–H groups in total. The molecular weight excluding hydrogens is 368 g/mol. The Morgan fingerprint density at radius 1 is 1.30 bits per heavy atom. The van der Waals surface area contributed by atoms with Crippen molar-refractivity contribution in [1.82, 2.24) is 9.78 Å². The lowest BCUT2D eigenvalue weighted by Gasteiger charge is -2.08. The lowest BCUT2D eigenvalue weighted by Crippen LogP contribution is -2.22. The molecule has 7 nitrogen and oxygen atoms in total. The van der Waals surface area contributed by atoms with Crippen LogP contribution in [0.1, 0.15) is 12.5 Å². The highest BCUT2D eigenvalue weighted by atomic mass is 35.5. The number of halogens is 1. The predicted molar refractivity (Wildman–Crippen MR) is 105 cm³/mol. The van der Waals surface area contributed by atoms with E-state index in [2.05, 4.69) is 15.6 Å². The van der Waals surface area contributed by atoms with Crippen molar-refractivity contribution in [3.05, 3.63) is 75.7 Å². The van der Waals surface area contributed by atoms with Crippen LogP contribution in [0.25, 0.3) is 5.69 Å². The quantitative estimate of drug-likeness (QED) is 0.502. The number of nitrogens with zero attached hydrogens (tertiary/aromatic N) is 3. The molecule has 0 aliphatic heterocycles. The number of ether oxygens (including phenoxy) is 1. The number of para-hydroxylation sites is 1. The summed E-state index contributed by atoms with van der Waals surface area (Å²) in [4.78, 5) is 12.4. The van der Waals surface area contributed by atoms with E-state index >= 15 is 0 Å². The van der Waals surface area contributed by atoms with Crippen LogP contribution in [0.3, 0.4) is 0 Å². The Bertz CT molecular complexity index is 1020. The molecule has 0 saturated heterocycles. The van der Waals surface area contributed by atoms with E-state index in [0.717, 1.165) is 0 Å². The van der Waals surface area contributed by atoms with Crippen molar-refractivity contribution >= 4 is 23.5 Å². The van der Waals surface area contributed by atoms with Gasteiger partial charge in [0.2, 0.25) is 0 Å². The predicted octanol–water partition coefficient (Wildman–Crippen LogP) is 3.44. The zero-order chi connectivity index (χ0) is 19.2. The molecule has 8 heteroatoms. The average molecular weight is 385 g/mol. The Kier molecular flexibility index (Phi) is 5.73. The fourth-order valence-corrected chi connectivity index (χ4v) is 2.49. The van der Waals surface area contributed by atoms with Gasteiger partial charge in [0.1, 0.15) is 10.7 Å². The minimum atomic E-state index is -0.452. The zero-order valence-electron chi connectivity index (χ0n) is 14.5. The molecular formula is C19H17ClN4O3. The topological polar surface area (TPSA) is 88.7 Å². The molecule has 0 fully saturated rings. The van der Waals surface area contributed by atoms with Gasteiger partial charge < -0.3 is 9.84 Å². The van der Waals surface area contributed by atoms with E-state index in [1.807, 2.05) is 25.1 Å². The van der Waals surface area contributed by atoms with Crippen LogP contribution in [0.2, 0.25) is 5.02 Å². The third-order valence-corrected chi connectivity index (χ3v) is 3.97. The van der Waals surface area contributed by atoms with E-state index in [9.17, 15) is 9.90 Å².